The van der Waals surface area contributed by atoms with Crippen LogP contribution in [0.4, 0.5) is 0 Å². The molecular weight excluding hydrogens is 212 g/mol. The van der Waals surface area contributed by atoms with Crippen molar-refractivity contribution in [1.82, 2.24) is 0 Å². The predicted octanol–water partition coefficient (Wildman–Crippen LogP) is 3.26. The van der Waals surface area contributed by atoms with E-state index in [9.17, 15) is 8.42 Å². The van der Waals surface area contributed by atoms with Gasteiger partial charge in [-0.3, -0.25) is 4.55 Å². The second-order valence-electron chi connectivity index (χ2n) is 4.20. The molecule has 0 aromatic heterocycles. The number of hydrogen-bond donors (Lipinski definition) is 1. The van der Waals surface area contributed by atoms with Crippen LogP contribution in [0.25, 0.3) is 0 Å². The molecule has 0 aliphatic rings. The first kappa shape index (κ1) is 14.9. The molecule has 0 aliphatic carbocycles. The summed E-state index contributed by atoms with van der Waals surface area (Å²) >= 11 is 0. The summed E-state index contributed by atoms with van der Waals surface area (Å²) in [7, 11) is -3.85. The third kappa shape index (κ3) is 6.15. The molecule has 0 spiro atoms. The van der Waals surface area contributed by atoms with E-state index in [-0.39, 0.29) is 0 Å². The monoisotopic (exact) mass is 236 g/mol. The van der Waals surface area contributed by atoms with Crippen molar-refractivity contribution in [2.24, 2.45) is 5.92 Å². The average Bonchev–Trinajstić information content (AvgIpc) is 2.16. The molecule has 4 heteroatoms. The number of hydrogen-bond acceptors (Lipinski definition) is 2. The Morgan fingerprint density at radius 3 is 2.07 bits per heavy atom. The van der Waals surface area contributed by atoms with Crippen LogP contribution in [-0.2, 0) is 10.1 Å². The van der Waals surface area contributed by atoms with Gasteiger partial charge in [0, 0.05) is 0 Å². The lowest BCUT2D eigenvalue weighted by Gasteiger charge is -2.19. The Morgan fingerprint density at radius 1 is 1.13 bits per heavy atom. The van der Waals surface area contributed by atoms with Crippen LogP contribution in [0.2, 0.25) is 0 Å². The molecule has 0 saturated heterocycles. The lowest BCUT2D eigenvalue weighted by Crippen LogP contribution is -2.23. The zero-order valence-electron chi connectivity index (χ0n) is 10.1. The van der Waals surface area contributed by atoms with E-state index in [1.165, 1.54) is 0 Å². The summed E-state index contributed by atoms with van der Waals surface area (Å²) < 4.78 is 31.1. The Bertz CT molecular complexity index is 247. The highest BCUT2D eigenvalue weighted by Gasteiger charge is 2.23. The molecule has 0 radical (unpaired) electrons. The summed E-state index contributed by atoms with van der Waals surface area (Å²) in [6, 6.07) is 0. The molecule has 0 heterocycles. The van der Waals surface area contributed by atoms with Gasteiger partial charge in [-0.15, -0.1) is 0 Å². The van der Waals surface area contributed by atoms with E-state index >= 15 is 0 Å². The molecule has 92 valence electrons. The van der Waals surface area contributed by atoms with E-state index in [2.05, 4.69) is 13.8 Å². The van der Waals surface area contributed by atoms with Crippen molar-refractivity contribution < 1.29 is 13.0 Å². The van der Waals surface area contributed by atoms with Gasteiger partial charge in [0.05, 0.1) is 5.25 Å². The van der Waals surface area contributed by atoms with Gasteiger partial charge in [-0.2, -0.15) is 8.42 Å². The van der Waals surface area contributed by atoms with Crippen LogP contribution in [0.3, 0.4) is 0 Å². The number of rotatable bonds is 8. The van der Waals surface area contributed by atoms with E-state index in [1.54, 1.807) is 0 Å². The molecule has 0 amide bonds. The largest absolute Gasteiger partial charge is 0.285 e. The van der Waals surface area contributed by atoms with Crippen molar-refractivity contribution in [2.75, 3.05) is 0 Å². The molecule has 0 fully saturated rings. The normalized spacial score (nSPS) is 16.3. The summed E-state index contributed by atoms with van der Waals surface area (Å²) in [5, 5.41) is -0.570. The predicted molar refractivity (Wildman–Crippen MR) is 63.6 cm³/mol. The van der Waals surface area contributed by atoms with E-state index in [4.69, 9.17) is 4.55 Å². The smallest absolute Gasteiger partial charge is 0.267 e. The van der Waals surface area contributed by atoms with E-state index in [0.717, 1.165) is 25.7 Å². The van der Waals surface area contributed by atoms with Crippen LogP contribution < -0.4 is 0 Å². The van der Waals surface area contributed by atoms with Crippen molar-refractivity contribution in [3.05, 3.63) is 0 Å². The Morgan fingerprint density at radius 2 is 1.73 bits per heavy atom. The van der Waals surface area contributed by atoms with Crippen LogP contribution in [0.1, 0.15) is 59.3 Å². The Balaban J connectivity index is 4.25. The van der Waals surface area contributed by atoms with Crippen molar-refractivity contribution >= 4 is 10.1 Å². The standard InChI is InChI=1S/C11H24O3S/c1-4-7-8-10(5-2)9-11(6-3)15(12,13)14/h10-11H,4-9H2,1-3H3,(H,12,13,14). The molecule has 0 bridgehead atoms. The molecule has 15 heavy (non-hydrogen) atoms. The maximum atomic E-state index is 11.0. The fraction of sp³-hybridized carbons (Fsp3) is 1.00. The maximum absolute atomic E-state index is 11.0. The van der Waals surface area contributed by atoms with Gasteiger partial charge in [0.15, 0.2) is 0 Å². The van der Waals surface area contributed by atoms with Gasteiger partial charge >= 0.3 is 0 Å². The Hall–Kier alpha value is -0.0900. The summed E-state index contributed by atoms with van der Waals surface area (Å²) in [5.41, 5.74) is 0. The van der Waals surface area contributed by atoms with Gasteiger partial charge in [-0.1, -0.05) is 46.5 Å². The minimum atomic E-state index is -3.85. The maximum Gasteiger partial charge on any atom is 0.267 e. The van der Waals surface area contributed by atoms with E-state index in [1.807, 2.05) is 6.92 Å². The Kier molecular flexibility index (Phi) is 7.18. The van der Waals surface area contributed by atoms with E-state index in [0.29, 0.717) is 18.8 Å². The molecule has 0 aromatic rings. The van der Waals surface area contributed by atoms with Crippen LogP contribution in [-0.4, -0.2) is 18.2 Å². The summed E-state index contributed by atoms with van der Waals surface area (Å²) in [5.74, 6) is 0.428. The first-order valence-electron chi connectivity index (χ1n) is 5.91. The third-order valence-electron chi connectivity index (χ3n) is 3.02. The van der Waals surface area contributed by atoms with Crippen molar-refractivity contribution in [2.45, 2.75) is 64.5 Å². The van der Waals surface area contributed by atoms with E-state index < -0.39 is 15.4 Å². The topological polar surface area (TPSA) is 54.4 Å². The van der Waals surface area contributed by atoms with Gasteiger partial charge in [0.1, 0.15) is 0 Å². The highest BCUT2D eigenvalue weighted by Crippen LogP contribution is 2.23. The lowest BCUT2D eigenvalue weighted by molar-refractivity contribution is 0.387. The molecule has 0 rings (SSSR count). The van der Waals surface area contributed by atoms with Crippen LogP contribution in [0.15, 0.2) is 0 Å². The van der Waals surface area contributed by atoms with Gasteiger partial charge in [0.25, 0.3) is 10.1 Å². The molecule has 3 nitrogen and oxygen atoms in total. The summed E-state index contributed by atoms with van der Waals surface area (Å²) in [6.07, 6.45) is 5.44. The molecule has 2 atom stereocenters. The average molecular weight is 236 g/mol. The molecule has 0 aliphatic heterocycles. The highest BCUT2D eigenvalue weighted by molar-refractivity contribution is 7.86. The molecule has 0 saturated carbocycles. The van der Waals surface area contributed by atoms with Gasteiger partial charge in [0.2, 0.25) is 0 Å². The van der Waals surface area contributed by atoms with Crippen LogP contribution in [0.5, 0.6) is 0 Å². The van der Waals surface area contributed by atoms with Crippen LogP contribution >= 0.6 is 0 Å². The van der Waals surface area contributed by atoms with Crippen molar-refractivity contribution in [1.29, 1.82) is 0 Å². The first-order valence-corrected chi connectivity index (χ1v) is 7.42. The minimum absolute atomic E-state index is 0.428. The molecule has 1 N–H and O–H groups in total. The highest BCUT2D eigenvalue weighted by atomic mass is 32.2. The SMILES string of the molecule is CCCCC(CC)CC(CC)S(=O)(=O)O. The van der Waals surface area contributed by atoms with Gasteiger partial charge in [-0.05, 0) is 18.8 Å². The fourth-order valence-electron chi connectivity index (χ4n) is 1.85. The Labute approximate surface area is 94.0 Å². The molecular formula is C11H24O3S. The van der Waals surface area contributed by atoms with Gasteiger partial charge < -0.3 is 0 Å². The van der Waals surface area contributed by atoms with Crippen LogP contribution in [0, 0.1) is 5.92 Å². The van der Waals surface area contributed by atoms with Crippen molar-refractivity contribution in [3.8, 4) is 0 Å². The quantitative estimate of drug-likeness (QED) is 0.658. The second-order valence-corrected chi connectivity index (χ2v) is 5.89. The lowest BCUT2D eigenvalue weighted by atomic mass is 9.93. The summed E-state index contributed by atoms with van der Waals surface area (Å²) in [4.78, 5) is 0. The molecule has 2 unspecified atom stereocenters. The first-order chi connectivity index (χ1) is 6.95. The second kappa shape index (κ2) is 7.23. The zero-order valence-corrected chi connectivity index (χ0v) is 10.9. The minimum Gasteiger partial charge on any atom is -0.285 e. The number of unbranched alkanes of at least 4 members (excludes halogenated alkanes) is 1. The van der Waals surface area contributed by atoms with Crippen molar-refractivity contribution in [3.63, 3.8) is 0 Å². The zero-order chi connectivity index (χ0) is 11.9. The summed E-state index contributed by atoms with van der Waals surface area (Å²) in [6.45, 7) is 6.02. The molecule has 0 aromatic carbocycles. The fourth-order valence-corrected chi connectivity index (χ4v) is 2.79. The van der Waals surface area contributed by atoms with Gasteiger partial charge in [-0.25, -0.2) is 0 Å². The third-order valence-corrected chi connectivity index (χ3v) is 4.38.